The number of benzene rings is 2. The molecule has 0 saturated carbocycles. The minimum absolute atomic E-state index is 0.0586. The minimum atomic E-state index is -0.201. The first-order valence-electron chi connectivity index (χ1n) is 9.85. The summed E-state index contributed by atoms with van der Waals surface area (Å²) in [5.74, 6) is 1.61. The number of hydrogen-bond donors (Lipinski definition) is 1. The Morgan fingerprint density at radius 3 is 2.62 bits per heavy atom. The van der Waals surface area contributed by atoms with E-state index in [-0.39, 0.29) is 17.3 Å². The third kappa shape index (κ3) is 3.56. The van der Waals surface area contributed by atoms with Crippen molar-refractivity contribution < 1.29 is 29.0 Å². The van der Waals surface area contributed by atoms with Crippen LogP contribution in [0.3, 0.4) is 0 Å². The Balaban J connectivity index is 1.73. The number of methoxy groups -OCH3 is 2. The van der Waals surface area contributed by atoms with Crippen molar-refractivity contribution in [2.24, 2.45) is 0 Å². The summed E-state index contributed by atoms with van der Waals surface area (Å²) in [6, 6.07) is 6.92. The molecule has 0 aromatic heterocycles. The molecular formula is C23H25NO5. The summed E-state index contributed by atoms with van der Waals surface area (Å²) in [5, 5.41) is 12.7. The molecule has 152 valence electrons. The zero-order chi connectivity index (χ0) is 20.5. The molecule has 6 nitrogen and oxygen atoms in total. The number of hydrogen-bond acceptors (Lipinski definition) is 5. The largest absolute Gasteiger partial charge is 0.872 e. The fourth-order valence-corrected chi connectivity index (χ4v) is 4.12. The molecule has 2 aromatic rings. The SMILES string of the molecule is COc1ccc(C=C2Oc3c(C[NH+]4CCCC4)c([O-])cc(C)c3C2=O)c(OC)c1. The van der Waals surface area contributed by atoms with Crippen LogP contribution in [-0.4, -0.2) is 33.1 Å². The van der Waals surface area contributed by atoms with Gasteiger partial charge in [-0.2, -0.15) is 0 Å². The van der Waals surface area contributed by atoms with Gasteiger partial charge in [0.2, 0.25) is 5.78 Å². The van der Waals surface area contributed by atoms with Gasteiger partial charge in [0, 0.05) is 30.0 Å². The van der Waals surface area contributed by atoms with Crippen molar-refractivity contribution in [3.8, 4) is 23.0 Å². The van der Waals surface area contributed by atoms with E-state index >= 15 is 0 Å². The highest BCUT2D eigenvalue weighted by atomic mass is 16.5. The highest BCUT2D eigenvalue weighted by Crippen LogP contribution is 2.41. The van der Waals surface area contributed by atoms with E-state index in [0.717, 1.165) is 13.1 Å². The zero-order valence-electron chi connectivity index (χ0n) is 17.0. The van der Waals surface area contributed by atoms with Crippen molar-refractivity contribution in [1.82, 2.24) is 0 Å². The number of ketones is 1. The standard InChI is InChI=1S/C23H25NO5/c1-14-10-18(25)17(13-24-8-4-5-9-24)23-21(14)22(26)20(29-23)11-15-6-7-16(27-2)12-19(15)28-3/h6-7,10-12,25H,4-5,8-9,13H2,1-3H3. The second-order valence-corrected chi connectivity index (χ2v) is 7.56. The first-order valence-corrected chi connectivity index (χ1v) is 9.85. The van der Waals surface area contributed by atoms with Gasteiger partial charge in [-0.15, -0.1) is 0 Å². The van der Waals surface area contributed by atoms with Crippen LogP contribution in [0.2, 0.25) is 0 Å². The molecular weight excluding hydrogens is 370 g/mol. The zero-order valence-corrected chi connectivity index (χ0v) is 17.0. The Bertz CT molecular complexity index is 989. The number of Topliss-reactive ketones (excluding diaryl/α,β-unsaturated/α-hetero) is 1. The first kappa shape index (κ1) is 19.3. The molecule has 2 aromatic carbocycles. The molecule has 0 amide bonds. The van der Waals surface area contributed by atoms with Gasteiger partial charge in [0.1, 0.15) is 23.8 Å². The van der Waals surface area contributed by atoms with Crippen molar-refractivity contribution >= 4 is 11.9 Å². The fourth-order valence-electron chi connectivity index (χ4n) is 4.12. The summed E-state index contributed by atoms with van der Waals surface area (Å²) in [6.45, 7) is 4.46. The van der Waals surface area contributed by atoms with Gasteiger partial charge < -0.3 is 24.2 Å². The highest BCUT2D eigenvalue weighted by molar-refractivity contribution is 6.16. The van der Waals surface area contributed by atoms with Crippen molar-refractivity contribution in [1.29, 1.82) is 0 Å². The number of carbonyl (C=O) groups is 1. The first-order chi connectivity index (χ1) is 14.0. The lowest BCUT2D eigenvalue weighted by Crippen LogP contribution is -3.08. The predicted octanol–water partition coefficient (Wildman–Crippen LogP) is 1.88. The van der Waals surface area contributed by atoms with E-state index in [2.05, 4.69) is 0 Å². The lowest BCUT2D eigenvalue weighted by Gasteiger charge is -2.20. The van der Waals surface area contributed by atoms with Crippen LogP contribution in [0.15, 0.2) is 30.0 Å². The summed E-state index contributed by atoms with van der Waals surface area (Å²) in [6.07, 6.45) is 4.00. The highest BCUT2D eigenvalue weighted by Gasteiger charge is 2.33. The van der Waals surface area contributed by atoms with Gasteiger partial charge in [-0.1, -0.05) is 11.8 Å². The number of ether oxygens (including phenoxy) is 3. The van der Waals surface area contributed by atoms with E-state index in [1.807, 2.05) is 6.07 Å². The van der Waals surface area contributed by atoms with Crippen LogP contribution in [0.1, 0.15) is 39.9 Å². The van der Waals surface area contributed by atoms with Crippen LogP contribution < -0.4 is 24.2 Å². The molecule has 0 radical (unpaired) electrons. The molecule has 1 fully saturated rings. The third-order valence-electron chi connectivity index (χ3n) is 5.67. The lowest BCUT2D eigenvalue weighted by atomic mass is 9.99. The molecule has 1 N–H and O–H groups in total. The normalized spacial score (nSPS) is 17.5. The quantitative estimate of drug-likeness (QED) is 0.783. The summed E-state index contributed by atoms with van der Waals surface area (Å²) < 4.78 is 16.6. The van der Waals surface area contributed by atoms with Gasteiger partial charge in [-0.05, 0) is 30.7 Å². The van der Waals surface area contributed by atoms with E-state index in [0.29, 0.717) is 46.0 Å². The van der Waals surface area contributed by atoms with E-state index in [1.54, 1.807) is 45.4 Å². The van der Waals surface area contributed by atoms with E-state index in [9.17, 15) is 9.90 Å². The lowest BCUT2D eigenvalue weighted by molar-refractivity contribution is -0.901. The second kappa shape index (κ2) is 7.79. The number of aryl methyl sites for hydroxylation is 1. The Labute approximate surface area is 170 Å². The average Bonchev–Trinajstić information content (AvgIpc) is 3.34. The molecule has 2 aliphatic rings. The Morgan fingerprint density at radius 2 is 1.93 bits per heavy atom. The van der Waals surface area contributed by atoms with E-state index < -0.39 is 0 Å². The maximum atomic E-state index is 13.1. The van der Waals surface area contributed by atoms with Crippen LogP contribution >= 0.6 is 0 Å². The van der Waals surface area contributed by atoms with Crippen molar-refractivity contribution in [2.45, 2.75) is 26.3 Å². The molecule has 0 unspecified atom stereocenters. The molecule has 0 spiro atoms. The van der Waals surface area contributed by atoms with Crippen LogP contribution in [-0.2, 0) is 6.54 Å². The average molecular weight is 395 g/mol. The van der Waals surface area contributed by atoms with Crippen LogP contribution in [0.4, 0.5) is 0 Å². The van der Waals surface area contributed by atoms with E-state index in [4.69, 9.17) is 14.2 Å². The van der Waals surface area contributed by atoms with Crippen molar-refractivity contribution in [2.75, 3.05) is 27.3 Å². The Kier molecular flexibility index (Phi) is 5.20. The minimum Gasteiger partial charge on any atom is -0.872 e. The second-order valence-electron chi connectivity index (χ2n) is 7.56. The number of quaternary nitrogens is 1. The number of rotatable bonds is 5. The summed E-state index contributed by atoms with van der Waals surface area (Å²) >= 11 is 0. The topological polar surface area (TPSA) is 72.3 Å². The molecule has 2 heterocycles. The maximum absolute atomic E-state index is 13.1. The molecule has 2 aliphatic heterocycles. The Hall–Kier alpha value is -2.99. The number of allylic oxidation sites excluding steroid dienone is 1. The van der Waals surface area contributed by atoms with Crippen molar-refractivity contribution in [3.63, 3.8) is 0 Å². The molecule has 29 heavy (non-hydrogen) atoms. The van der Waals surface area contributed by atoms with Gasteiger partial charge >= 0.3 is 0 Å². The van der Waals surface area contributed by atoms with Gasteiger partial charge in [0.15, 0.2) is 5.76 Å². The number of fused-ring (bicyclic) bond motifs is 1. The smallest absolute Gasteiger partial charge is 0.232 e. The molecule has 6 heteroatoms. The third-order valence-corrected chi connectivity index (χ3v) is 5.67. The molecule has 0 aliphatic carbocycles. The van der Waals surface area contributed by atoms with Gasteiger partial charge in [0.05, 0.1) is 32.9 Å². The van der Waals surface area contributed by atoms with Gasteiger partial charge in [0.25, 0.3) is 0 Å². The summed E-state index contributed by atoms with van der Waals surface area (Å²) in [5.41, 5.74) is 2.45. The van der Waals surface area contributed by atoms with Gasteiger partial charge in [-0.3, -0.25) is 4.79 Å². The van der Waals surface area contributed by atoms with Gasteiger partial charge in [-0.25, -0.2) is 0 Å². The van der Waals surface area contributed by atoms with Crippen molar-refractivity contribution in [3.05, 3.63) is 52.3 Å². The molecule has 1 saturated heterocycles. The summed E-state index contributed by atoms with van der Waals surface area (Å²) in [7, 11) is 3.15. The number of likely N-dealkylation sites (tertiary alicyclic amines) is 1. The fraction of sp³-hybridized carbons (Fsp3) is 0.348. The maximum Gasteiger partial charge on any atom is 0.232 e. The number of carbonyl (C=O) groups excluding carboxylic acids is 1. The molecule has 4 rings (SSSR count). The van der Waals surface area contributed by atoms with Crippen LogP contribution in [0.25, 0.3) is 6.08 Å². The number of nitrogens with one attached hydrogen (secondary N) is 1. The predicted molar refractivity (Wildman–Crippen MR) is 107 cm³/mol. The Morgan fingerprint density at radius 1 is 1.17 bits per heavy atom. The van der Waals surface area contributed by atoms with E-state index in [1.165, 1.54) is 17.7 Å². The monoisotopic (exact) mass is 395 g/mol. The molecule has 0 bridgehead atoms. The molecule has 0 atom stereocenters. The van der Waals surface area contributed by atoms with Crippen LogP contribution in [0, 0.1) is 6.92 Å². The summed E-state index contributed by atoms with van der Waals surface area (Å²) in [4.78, 5) is 14.4. The van der Waals surface area contributed by atoms with Crippen LogP contribution in [0.5, 0.6) is 23.0 Å².